The van der Waals surface area contributed by atoms with Crippen molar-refractivity contribution >= 4 is 29.9 Å². The lowest BCUT2D eigenvalue weighted by Gasteiger charge is -2.19. The molecule has 5 nitrogen and oxygen atoms in total. The molecule has 1 saturated carbocycles. The second kappa shape index (κ2) is 9.58. The van der Waals surface area contributed by atoms with Gasteiger partial charge in [-0.25, -0.2) is 0 Å². The Bertz CT molecular complexity index is 520. The van der Waals surface area contributed by atoms with Crippen LogP contribution in [0.3, 0.4) is 0 Å². The predicted molar refractivity (Wildman–Crippen MR) is 107 cm³/mol. The third-order valence-corrected chi connectivity index (χ3v) is 4.42. The van der Waals surface area contributed by atoms with E-state index in [1.54, 1.807) is 0 Å². The van der Waals surface area contributed by atoms with Crippen LogP contribution < -0.4 is 10.6 Å². The summed E-state index contributed by atoms with van der Waals surface area (Å²) in [6.07, 6.45) is 2.41. The molecule has 2 aliphatic rings. The number of aliphatic imine (C=N–C) groups is 1. The van der Waals surface area contributed by atoms with Crippen LogP contribution in [0.4, 0.5) is 0 Å². The van der Waals surface area contributed by atoms with Crippen molar-refractivity contribution in [2.45, 2.75) is 43.9 Å². The maximum atomic E-state index is 5.85. The normalized spacial score (nSPS) is 27.2. The lowest BCUT2D eigenvalue weighted by Crippen LogP contribution is -2.45. The predicted octanol–water partition coefficient (Wildman–Crippen LogP) is 2.52. The van der Waals surface area contributed by atoms with Gasteiger partial charge < -0.3 is 20.1 Å². The van der Waals surface area contributed by atoms with Crippen LogP contribution in [0.5, 0.6) is 0 Å². The highest BCUT2D eigenvalue weighted by Crippen LogP contribution is 2.40. The summed E-state index contributed by atoms with van der Waals surface area (Å²) in [6.45, 7) is 4.32. The number of benzene rings is 1. The average Bonchev–Trinajstić information content (AvgIpc) is 3.14. The van der Waals surface area contributed by atoms with Crippen LogP contribution >= 0.6 is 24.0 Å². The molecule has 0 bridgehead atoms. The third-order valence-electron chi connectivity index (χ3n) is 4.42. The molecule has 1 aromatic carbocycles. The van der Waals surface area contributed by atoms with E-state index in [0.29, 0.717) is 18.6 Å². The number of guanidine groups is 1. The fourth-order valence-electron chi connectivity index (χ4n) is 2.97. The quantitative estimate of drug-likeness (QED) is 0.402. The Morgan fingerprint density at radius 2 is 2.17 bits per heavy atom. The van der Waals surface area contributed by atoms with Crippen LogP contribution in [0.2, 0.25) is 0 Å². The number of rotatable bonds is 6. The first-order valence-electron chi connectivity index (χ1n) is 8.50. The second-order valence-corrected chi connectivity index (χ2v) is 6.44. The molecule has 134 valence electrons. The maximum absolute atomic E-state index is 5.85. The van der Waals surface area contributed by atoms with Crippen molar-refractivity contribution in [1.29, 1.82) is 0 Å². The zero-order chi connectivity index (χ0) is 16.1. The first-order chi connectivity index (χ1) is 11.3. The van der Waals surface area contributed by atoms with Gasteiger partial charge in [0, 0.05) is 31.7 Å². The van der Waals surface area contributed by atoms with Crippen molar-refractivity contribution in [2.24, 2.45) is 4.99 Å². The summed E-state index contributed by atoms with van der Waals surface area (Å²) in [4.78, 5) is 4.33. The molecular formula is C18H28IN3O2. The average molecular weight is 445 g/mol. The van der Waals surface area contributed by atoms with Crippen molar-refractivity contribution in [3.8, 4) is 0 Å². The summed E-state index contributed by atoms with van der Waals surface area (Å²) in [5.74, 6) is 1.45. The lowest BCUT2D eigenvalue weighted by atomic mass is 10.1. The molecule has 0 aromatic heterocycles. The minimum atomic E-state index is 0. The Morgan fingerprint density at radius 1 is 1.38 bits per heavy atom. The largest absolute Gasteiger partial charge is 0.379 e. The Hall–Kier alpha value is -0.860. The number of hydrogen-bond acceptors (Lipinski definition) is 3. The molecule has 4 unspecified atom stereocenters. The smallest absolute Gasteiger partial charge is 0.191 e. The summed E-state index contributed by atoms with van der Waals surface area (Å²) >= 11 is 0. The van der Waals surface area contributed by atoms with Gasteiger partial charge in [0.25, 0.3) is 0 Å². The van der Waals surface area contributed by atoms with E-state index in [1.165, 1.54) is 5.56 Å². The first-order valence-corrected chi connectivity index (χ1v) is 8.50. The minimum Gasteiger partial charge on any atom is -0.379 e. The standard InChI is InChI=1S/C18H27N3O2.HI/c1-13(11-23-15-8-9-22-12-15)20-18(19-2)21-17-10-16(17)14-6-4-3-5-7-14;/h3-7,13,15-17H,8-12H2,1-2H3,(H2,19,20,21);1H. The van der Waals surface area contributed by atoms with Crippen molar-refractivity contribution in [3.63, 3.8) is 0 Å². The number of ether oxygens (including phenoxy) is 2. The summed E-state index contributed by atoms with van der Waals surface area (Å²) in [5, 5.41) is 6.91. The maximum Gasteiger partial charge on any atom is 0.191 e. The summed E-state index contributed by atoms with van der Waals surface area (Å²) in [5.41, 5.74) is 1.40. The van der Waals surface area contributed by atoms with Crippen molar-refractivity contribution in [2.75, 3.05) is 26.9 Å². The van der Waals surface area contributed by atoms with E-state index in [0.717, 1.165) is 32.0 Å². The molecule has 0 spiro atoms. The molecule has 0 amide bonds. The monoisotopic (exact) mass is 445 g/mol. The fourth-order valence-corrected chi connectivity index (χ4v) is 2.97. The Kier molecular flexibility index (Phi) is 7.77. The second-order valence-electron chi connectivity index (χ2n) is 6.44. The molecule has 3 rings (SSSR count). The van der Waals surface area contributed by atoms with Crippen molar-refractivity contribution in [3.05, 3.63) is 35.9 Å². The van der Waals surface area contributed by atoms with Crippen LogP contribution in [0.25, 0.3) is 0 Å². The van der Waals surface area contributed by atoms with E-state index < -0.39 is 0 Å². The molecule has 24 heavy (non-hydrogen) atoms. The van der Waals surface area contributed by atoms with Gasteiger partial charge in [0.1, 0.15) is 0 Å². The molecule has 2 N–H and O–H groups in total. The number of halogens is 1. The van der Waals surface area contributed by atoms with Crippen molar-refractivity contribution in [1.82, 2.24) is 10.6 Å². The highest BCUT2D eigenvalue weighted by Gasteiger charge is 2.38. The number of nitrogens with one attached hydrogen (secondary N) is 2. The molecule has 4 atom stereocenters. The van der Waals surface area contributed by atoms with Gasteiger partial charge in [-0.15, -0.1) is 24.0 Å². The first kappa shape index (κ1) is 19.5. The van der Waals surface area contributed by atoms with Gasteiger partial charge in [-0.3, -0.25) is 4.99 Å². The van der Waals surface area contributed by atoms with Crippen LogP contribution in [-0.4, -0.2) is 51.0 Å². The van der Waals surface area contributed by atoms with E-state index in [-0.39, 0.29) is 36.1 Å². The van der Waals surface area contributed by atoms with E-state index in [4.69, 9.17) is 9.47 Å². The molecule has 6 heteroatoms. The van der Waals surface area contributed by atoms with E-state index in [9.17, 15) is 0 Å². The number of hydrogen-bond donors (Lipinski definition) is 2. The van der Waals surface area contributed by atoms with Gasteiger partial charge in [-0.1, -0.05) is 30.3 Å². The van der Waals surface area contributed by atoms with Gasteiger partial charge in [-0.2, -0.15) is 0 Å². The van der Waals surface area contributed by atoms with Crippen LogP contribution in [0, 0.1) is 0 Å². The highest BCUT2D eigenvalue weighted by atomic mass is 127. The Morgan fingerprint density at radius 3 is 2.83 bits per heavy atom. The zero-order valence-electron chi connectivity index (χ0n) is 14.4. The van der Waals surface area contributed by atoms with Crippen LogP contribution in [0.1, 0.15) is 31.2 Å². The van der Waals surface area contributed by atoms with Gasteiger partial charge in [0.2, 0.25) is 0 Å². The number of nitrogens with zero attached hydrogens (tertiary/aromatic N) is 1. The highest BCUT2D eigenvalue weighted by molar-refractivity contribution is 14.0. The Balaban J connectivity index is 0.00000208. The summed E-state index contributed by atoms with van der Waals surface area (Å²) in [6, 6.07) is 11.3. The summed E-state index contributed by atoms with van der Waals surface area (Å²) in [7, 11) is 1.81. The van der Waals surface area contributed by atoms with Gasteiger partial charge in [-0.05, 0) is 25.3 Å². The molecule has 1 saturated heterocycles. The van der Waals surface area contributed by atoms with Crippen LogP contribution in [0.15, 0.2) is 35.3 Å². The molecular weight excluding hydrogens is 417 g/mol. The van der Waals surface area contributed by atoms with Crippen LogP contribution in [-0.2, 0) is 9.47 Å². The Labute approximate surface area is 161 Å². The minimum absolute atomic E-state index is 0. The topological polar surface area (TPSA) is 54.9 Å². The zero-order valence-corrected chi connectivity index (χ0v) is 16.7. The fraction of sp³-hybridized carbons (Fsp3) is 0.611. The molecule has 1 aliphatic heterocycles. The van der Waals surface area contributed by atoms with E-state index in [1.807, 2.05) is 7.05 Å². The van der Waals surface area contributed by atoms with Crippen molar-refractivity contribution < 1.29 is 9.47 Å². The lowest BCUT2D eigenvalue weighted by molar-refractivity contribution is 0.0347. The molecule has 1 aromatic rings. The summed E-state index contributed by atoms with van der Waals surface area (Å²) < 4.78 is 11.2. The van der Waals surface area contributed by atoms with Gasteiger partial charge >= 0.3 is 0 Å². The SMILES string of the molecule is CN=C(NC(C)COC1CCOC1)NC1CC1c1ccccc1.I. The third kappa shape index (κ3) is 5.60. The van der Waals surface area contributed by atoms with E-state index in [2.05, 4.69) is 52.9 Å². The molecule has 0 radical (unpaired) electrons. The van der Waals surface area contributed by atoms with Gasteiger partial charge in [0.15, 0.2) is 5.96 Å². The molecule has 1 heterocycles. The van der Waals surface area contributed by atoms with E-state index >= 15 is 0 Å². The molecule has 1 aliphatic carbocycles. The van der Waals surface area contributed by atoms with Gasteiger partial charge in [0.05, 0.1) is 19.3 Å². The molecule has 2 fully saturated rings.